The molecule has 25 heavy (non-hydrogen) atoms. The maximum Gasteiger partial charge on any atom is 0.221 e. The summed E-state index contributed by atoms with van der Waals surface area (Å²) >= 11 is 6.89. The van der Waals surface area contributed by atoms with Crippen LogP contribution in [0.25, 0.3) is 0 Å². The van der Waals surface area contributed by atoms with Gasteiger partial charge in [0, 0.05) is 21.6 Å². The van der Waals surface area contributed by atoms with Gasteiger partial charge in [0.05, 0.1) is 5.69 Å². The van der Waals surface area contributed by atoms with E-state index in [4.69, 9.17) is 5.73 Å². The topological polar surface area (TPSA) is 55.1 Å². The molecule has 4 rings (SSSR count). The Hall–Kier alpha value is -1.33. The number of amides is 1. The number of hydrogen-bond acceptors (Lipinski definition) is 2. The van der Waals surface area contributed by atoms with Gasteiger partial charge in [-0.05, 0) is 117 Å². The maximum atomic E-state index is 10.9. The van der Waals surface area contributed by atoms with E-state index in [9.17, 15) is 4.79 Å². The number of rotatable bonds is 1. The summed E-state index contributed by atoms with van der Waals surface area (Å²) in [6.45, 7) is 1.53. The zero-order chi connectivity index (χ0) is 18.0. The van der Waals surface area contributed by atoms with Crippen molar-refractivity contribution in [2.45, 2.75) is 45.4 Å². The molecule has 5 heteroatoms. The van der Waals surface area contributed by atoms with E-state index in [1.165, 1.54) is 54.9 Å². The van der Waals surface area contributed by atoms with E-state index in [2.05, 4.69) is 61.4 Å². The van der Waals surface area contributed by atoms with Crippen LogP contribution in [0.3, 0.4) is 0 Å². The normalized spacial score (nSPS) is 14.4. The Labute approximate surface area is 165 Å². The number of nitrogens with one attached hydrogen (secondary N) is 1. The lowest BCUT2D eigenvalue weighted by Crippen LogP contribution is -2.06. The van der Waals surface area contributed by atoms with E-state index in [0.717, 1.165) is 33.2 Å². The third-order valence-corrected chi connectivity index (χ3v) is 6.05. The molecule has 2 aliphatic carbocycles. The zero-order valence-electron chi connectivity index (χ0n) is 14.3. The van der Waals surface area contributed by atoms with E-state index < -0.39 is 0 Å². The van der Waals surface area contributed by atoms with Crippen molar-refractivity contribution in [2.24, 2.45) is 0 Å². The van der Waals surface area contributed by atoms with Gasteiger partial charge in [0.2, 0.25) is 5.91 Å². The van der Waals surface area contributed by atoms with E-state index in [-0.39, 0.29) is 5.91 Å². The van der Waals surface area contributed by atoms with Crippen molar-refractivity contribution in [2.75, 3.05) is 11.1 Å². The second-order valence-electron chi connectivity index (χ2n) is 6.63. The Morgan fingerprint density at radius 3 is 1.92 bits per heavy atom. The predicted octanol–water partition coefficient (Wildman–Crippen LogP) is 5.42. The predicted molar refractivity (Wildman–Crippen MR) is 111 cm³/mol. The Morgan fingerprint density at radius 2 is 1.36 bits per heavy atom. The lowest BCUT2D eigenvalue weighted by molar-refractivity contribution is -0.114. The fourth-order valence-corrected chi connectivity index (χ4v) is 4.37. The summed E-state index contributed by atoms with van der Waals surface area (Å²) in [6.07, 6.45) is 7.22. The molecule has 0 aliphatic heterocycles. The molecular weight excluding hydrogens is 444 g/mol. The molecule has 0 fully saturated rings. The van der Waals surface area contributed by atoms with Gasteiger partial charge in [0.25, 0.3) is 0 Å². The fourth-order valence-electron chi connectivity index (χ4n) is 3.49. The van der Waals surface area contributed by atoms with Crippen molar-refractivity contribution in [1.82, 2.24) is 0 Å². The van der Waals surface area contributed by atoms with E-state index in [1.807, 2.05) is 0 Å². The second kappa shape index (κ2) is 7.92. The highest BCUT2D eigenvalue weighted by Crippen LogP contribution is 2.32. The van der Waals surface area contributed by atoms with Crippen molar-refractivity contribution in [3.8, 4) is 0 Å². The average Bonchev–Trinajstić information content (AvgIpc) is 3.17. The molecule has 2 aromatic rings. The summed E-state index contributed by atoms with van der Waals surface area (Å²) in [5.41, 5.74) is 13.2. The van der Waals surface area contributed by atoms with Crippen LogP contribution in [0, 0.1) is 0 Å². The first-order valence-electron chi connectivity index (χ1n) is 8.59. The largest absolute Gasteiger partial charge is 0.398 e. The molecule has 0 bridgehead atoms. The quantitative estimate of drug-likeness (QED) is 0.552. The molecule has 1 amide bonds. The Bertz CT molecular complexity index is 789. The minimum Gasteiger partial charge on any atom is -0.398 e. The minimum absolute atomic E-state index is 0.0244. The van der Waals surface area contributed by atoms with E-state index >= 15 is 0 Å². The van der Waals surface area contributed by atoms with Crippen LogP contribution in [0.1, 0.15) is 42.0 Å². The lowest BCUT2D eigenvalue weighted by atomic mass is 10.1. The third kappa shape index (κ3) is 4.45. The van der Waals surface area contributed by atoms with Crippen molar-refractivity contribution < 1.29 is 4.79 Å². The molecule has 2 aliphatic rings. The van der Waals surface area contributed by atoms with Crippen LogP contribution in [-0.4, -0.2) is 5.91 Å². The highest BCUT2D eigenvalue weighted by atomic mass is 79.9. The van der Waals surface area contributed by atoms with Gasteiger partial charge in [-0.15, -0.1) is 0 Å². The number of benzene rings is 2. The summed E-state index contributed by atoms with van der Waals surface area (Å²) < 4.78 is 2.02. The van der Waals surface area contributed by atoms with Gasteiger partial charge in [0.1, 0.15) is 0 Å². The van der Waals surface area contributed by atoms with Crippen molar-refractivity contribution in [1.29, 1.82) is 0 Å². The van der Waals surface area contributed by atoms with Gasteiger partial charge in [0.15, 0.2) is 0 Å². The molecule has 0 spiro atoms. The number of nitrogens with two attached hydrogens (primary N) is 1. The van der Waals surface area contributed by atoms with Gasteiger partial charge in [-0.25, -0.2) is 0 Å². The molecule has 0 aromatic heterocycles. The summed E-state index contributed by atoms with van der Waals surface area (Å²) in [5, 5.41) is 2.82. The van der Waals surface area contributed by atoms with Crippen LogP contribution in [0.5, 0.6) is 0 Å². The minimum atomic E-state index is -0.0244. The van der Waals surface area contributed by atoms with Crippen LogP contribution in [-0.2, 0) is 30.5 Å². The highest BCUT2D eigenvalue weighted by molar-refractivity contribution is 9.11. The summed E-state index contributed by atoms with van der Waals surface area (Å²) in [4.78, 5) is 10.9. The molecule has 0 unspecified atom stereocenters. The fraction of sp³-hybridized carbons (Fsp3) is 0.350. The van der Waals surface area contributed by atoms with Crippen LogP contribution in [0.4, 0.5) is 11.4 Å². The van der Waals surface area contributed by atoms with E-state index in [0.29, 0.717) is 0 Å². The number of anilines is 2. The molecule has 0 radical (unpaired) electrons. The molecule has 2 aromatic carbocycles. The average molecular weight is 466 g/mol. The van der Waals surface area contributed by atoms with Gasteiger partial charge in [-0.3, -0.25) is 4.79 Å². The first-order valence-corrected chi connectivity index (χ1v) is 10.2. The lowest BCUT2D eigenvalue weighted by Gasteiger charge is -2.08. The molecule has 0 saturated carbocycles. The SMILES string of the molecule is CC(=O)Nc1cc2c(cc1Br)CCC2.Nc1cc2c(cc1Br)CCC2. The van der Waals surface area contributed by atoms with Gasteiger partial charge in [-0.2, -0.15) is 0 Å². The van der Waals surface area contributed by atoms with Gasteiger partial charge < -0.3 is 11.1 Å². The zero-order valence-corrected chi connectivity index (χ0v) is 17.5. The molecular formula is C20H22Br2N2O. The summed E-state index contributed by atoms with van der Waals surface area (Å²) in [6, 6.07) is 8.44. The van der Waals surface area contributed by atoms with Crippen molar-refractivity contribution in [3.05, 3.63) is 55.5 Å². The number of aryl methyl sites for hydroxylation is 4. The smallest absolute Gasteiger partial charge is 0.221 e. The monoisotopic (exact) mass is 464 g/mol. The molecule has 3 nitrogen and oxygen atoms in total. The molecule has 132 valence electrons. The number of carbonyl (C=O) groups is 1. The summed E-state index contributed by atoms with van der Waals surface area (Å²) in [5.74, 6) is -0.0244. The number of nitrogen functional groups attached to an aromatic ring is 1. The molecule has 0 heterocycles. The maximum absolute atomic E-state index is 10.9. The highest BCUT2D eigenvalue weighted by Gasteiger charge is 2.14. The first-order chi connectivity index (χ1) is 11.9. The molecule has 3 N–H and O–H groups in total. The number of halogens is 2. The van der Waals surface area contributed by atoms with Crippen LogP contribution in [0.2, 0.25) is 0 Å². The Kier molecular flexibility index (Phi) is 5.85. The molecule has 0 saturated heterocycles. The number of hydrogen-bond donors (Lipinski definition) is 2. The first kappa shape index (κ1) is 18.5. The van der Waals surface area contributed by atoms with Crippen LogP contribution in [0.15, 0.2) is 33.2 Å². The Morgan fingerprint density at radius 1 is 0.880 bits per heavy atom. The second-order valence-corrected chi connectivity index (χ2v) is 8.34. The van der Waals surface area contributed by atoms with Crippen LogP contribution >= 0.6 is 31.9 Å². The van der Waals surface area contributed by atoms with Gasteiger partial charge >= 0.3 is 0 Å². The van der Waals surface area contributed by atoms with Crippen molar-refractivity contribution in [3.63, 3.8) is 0 Å². The summed E-state index contributed by atoms with van der Waals surface area (Å²) in [7, 11) is 0. The van der Waals surface area contributed by atoms with Crippen LogP contribution < -0.4 is 11.1 Å². The number of fused-ring (bicyclic) bond motifs is 2. The van der Waals surface area contributed by atoms with Crippen molar-refractivity contribution >= 4 is 49.1 Å². The third-order valence-electron chi connectivity index (χ3n) is 4.70. The molecule has 0 atom stereocenters. The standard InChI is InChI=1S/C11H12BrNO.C9H10BrN/c1-7(14)13-11-6-9-4-2-3-8(9)5-10(11)12;10-8-4-6-2-1-3-7(6)5-9(8)11/h5-6H,2-4H2,1H3,(H,13,14);4-5H,1-3,11H2. The Balaban J connectivity index is 0.000000150. The number of carbonyl (C=O) groups excluding carboxylic acids is 1. The van der Waals surface area contributed by atoms with E-state index in [1.54, 1.807) is 0 Å². The van der Waals surface area contributed by atoms with Gasteiger partial charge in [-0.1, -0.05) is 0 Å².